The predicted molar refractivity (Wildman–Crippen MR) is 88.3 cm³/mol. The maximum atomic E-state index is 5.74. The molecule has 2 aromatic rings. The molecule has 0 bridgehead atoms. The summed E-state index contributed by atoms with van der Waals surface area (Å²) in [7, 11) is 0. The van der Waals surface area contributed by atoms with Crippen LogP contribution in [0.25, 0.3) is 0 Å². The average molecular weight is 348 g/mol. The Hall–Kier alpha value is -1.68. The van der Waals surface area contributed by atoms with Crippen molar-refractivity contribution in [1.29, 1.82) is 0 Å². The summed E-state index contributed by atoms with van der Waals surface area (Å²) in [6.45, 7) is 4.20. The monoisotopic (exact) mass is 347 g/mol. The fourth-order valence-corrected chi connectivity index (χ4v) is 3.06. The van der Waals surface area contributed by atoms with Gasteiger partial charge in [-0.15, -0.1) is 0 Å². The molecule has 0 unspecified atom stereocenters. The Morgan fingerprint density at radius 3 is 2.81 bits per heavy atom. The van der Waals surface area contributed by atoms with Crippen LogP contribution in [-0.4, -0.2) is 13.2 Å². The molecule has 1 heterocycles. The number of halogens is 1. The Kier molecular flexibility index (Phi) is 4.34. The number of hydrogen-bond donors (Lipinski definition) is 1. The van der Waals surface area contributed by atoms with Gasteiger partial charge in [-0.3, -0.25) is 0 Å². The molecule has 0 aromatic heterocycles. The van der Waals surface area contributed by atoms with Crippen LogP contribution in [0.15, 0.2) is 40.9 Å². The van der Waals surface area contributed by atoms with Gasteiger partial charge in [-0.2, -0.15) is 0 Å². The summed E-state index contributed by atoms with van der Waals surface area (Å²) in [4.78, 5) is 0. The molecule has 0 atom stereocenters. The molecule has 21 heavy (non-hydrogen) atoms. The van der Waals surface area contributed by atoms with Gasteiger partial charge in [0.05, 0.1) is 13.2 Å². The first-order valence-electron chi connectivity index (χ1n) is 7.17. The molecule has 2 aromatic carbocycles. The van der Waals surface area contributed by atoms with Crippen LogP contribution >= 0.6 is 15.9 Å². The maximum Gasteiger partial charge on any atom is 0.127 e. The molecular formula is C17H18BrNO2. The van der Waals surface area contributed by atoms with Gasteiger partial charge in [0.2, 0.25) is 0 Å². The van der Waals surface area contributed by atoms with Crippen LogP contribution in [0.5, 0.6) is 11.5 Å². The lowest BCUT2D eigenvalue weighted by atomic mass is 10.1. The SMILES string of the molecule is CCOc1ccc(NCc2cc(Br)cc3c2OCC3)cc1. The number of benzene rings is 2. The highest BCUT2D eigenvalue weighted by atomic mass is 79.9. The van der Waals surface area contributed by atoms with Crippen LogP contribution in [0.4, 0.5) is 5.69 Å². The molecule has 0 saturated carbocycles. The van der Waals surface area contributed by atoms with Gasteiger partial charge in [-0.05, 0) is 48.9 Å². The number of nitrogens with one attached hydrogen (secondary N) is 1. The topological polar surface area (TPSA) is 30.5 Å². The number of ether oxygens (including phenoxy) is 2. The van der Waals surface area contributed by atoms with E-state index in [9.17, 15) is 0 Å². The van der Waals surface area contributed by atoms with Gasteiger partial charge in [0.25, 0.3) is 0 Å². The molecule has 1 N–H and O–H groups in total. The molecule has 3 rings (SSSR count). The summed E-state index contributed by atoms with van der Waals surface area (Å²) >= 11 is 3.57. The van der Waals surface area contributed by atoms with Gasteiger partial charge in [0.15, 0.2) is 0 Å². The quantitative estimate of drug-likeness (QED) is 0.869. The Balaban J connectivity index is 1.70. The zero-order valence-corrected chi connectivity index (χ0v) is 13.6. The third-order valence-corrected chi connectivity index (χ3v) is 3.93. The first-order valence-corrected chi connectivity index (χ1v) is 7.96. The lowest BCUT2D eigenvalue weighted by Gasteiger charge is -2.12. The van der Waals surface area contributed by atoms with E-state index in [-0.39, 0.29) is 0 Å². The minimum Gasteiger partial charge on any atom is -0.494 e. The van der Waals surface area contributed by atoms with Crippen molar-refractivity contribution in [2.45, 2.75) is 19.9 Å². The van der Waals surface area contributed by atoms with E-state index in [0.717, 1.165) is 41.2 Å². The number of fused-ring (bicyclic) bond motifs is 1. The van der Waals surface area contributed by atoms with Gasteiger partial charge in [0, 0.05) is 28.7 Å². The highest BCUT2D eigenvalue weighted by Gasteiger charge is 2.17. The van der Waals surface area contributed by atoms with Crippen molar-refractivity contribution in [3.8, 4) is 11.5 Å². The smallest absolute Gasteiger partial charge is 0.127 e. The average Bonchev–Trinajstić information content (AvgIpc) is 2.94. The second-order valence-corrected chi connectivity index (χ2v) is 5.88. The lowest BCUT2D eigenvalue weighted by molar-refractivity contribution is 0.340. The Morgan fingerprint density at radius 2 is 2.05 bits per heavy atom. The number of rotatable bonds is 5. The molecule has 0 saturated heterocycles. The Labute approximate surface area is 133 Å². The highest BCUT2D eigenvalue weighted by molar-refractivity contribution is 9.10. The number of anilines is 1. The summed E-state index contributed by atoms with van der Waals surface area (Å²) in [6.07, 6.45) is 0.991. The van der Waals surface area contributed by atoms with Crippen molar-refractivity contribution in [2.24, 2.45) is 0 Å². The van der Waals surface area contributed by atoms with Crippen molar-refractivity contribution >= 4 is 21.6 Å². The van der Waals surface area contributed by atoms with Crippen LogP contribution in [0.2, 0.25) is 0 Å². The van der Waals surface area contributed by atoms with Crippen LogP contribution in [0, 0.1) is 0 Å². The molecule has 110 valence electrons. The fourth-order valence-electron chi connectivity index (χ4n) is 2.51. The van der Waals surface area contributed by atoms with Crippen LogP contribution in [-0.2, 0) is 13.0 Å². The Bertz CT molecular complexity index is 625. The Morgan fingerprint density at radius 1 is 1.24 bits per heavy atom. The lowest BCUT2D eigenvalue weighted by Crippen LogP contribution is -2.02. The van der Waals surface area contributed by atoms with Gasteiger partial charge < -0.3 is 14.8 Å². The number of hydrogen-bond acceptors (Lipinski definition) is 3. The minimum absolute atomic E-state index is 0.689. The van der Waals surface area contributed by atoms with Crippen molar-refractivity contribution in [2.75, 3.05) is 18.5 Å². The van der Waals surface area contributed by atoms with E-state index in [0.29, 0.717) is 6.61 Å². The minimum atomic E-state index is 0.689. The normalized spacial score (nSPS) is 12.7. The van der Waals surface area contributed by atoms with E-state index >= 15 is 0 Å². The van der Waals surface area contributed by atoms with Crippen molar-refractivity contribution < 1.29 is 9.47 Å². The maximum absolute atomic E-state index is 5.74. The first kappa shape index (κ1) is 14.3. The third-order valence-electron chi connectivity index (χ3n) is 3.47. The molecule has 0 radical (unpaired) electrons. The van der Waals surface area contributed by atoms with E-state index < -0.39 is 0 Å². The van der Waals surface area contributed by atoms with Crippen molar-refractivity contribution in [1.82, 2.24) is 0 Å². The van der Waals surface area contributed by atoms with Gasteiger partial charge in [-0.1, -0.05) is 15.9 Å². The zero-order chi connectivity index (χ0) is 14.7. The molecule has 4 heteroatoms. The molecule has 0 aliphatic carbocycles. The summed E-state index contributed by atoms with van der Waals surface area (Å²) in [5.74, 6) is 1.94. The summed E-state index contributed by atoms with van der Waals surface area (Å²) < 4.78 is 12.3. The predicted octanol–water partition coefficient (Wildman–Crippen LogP) is 4.39. The zero-order valence-electron chi connectivity index (χ0n) is 12.0. The van der Waals surface area contributed by atoms with Gasteiger partial charge >= 0.3 is 0 Å². The van der Waals surface area contributed by atoms with Crippen molar-refractivity contribution in [3.63, 3.8) is 0 Å². The van der Waals surface area contributed by atoms with Crippen molar-refractivity contribution in [3.05, 3.63) is 52.0 Å². The molecule has 0 amide bonds. The second-order valence-electron chi connectivity index (χ2n) is 4.96. The summed E-state index contributed by atoms with van der Waals surface area (Å²) in [5, 5.41) is 3.43. The van der Waals surface area contributed by atoms with E-state index in [2.05, 4.69) is 33.4 Å². The molecule has 3 nitrogen and oxygen atoms in total. The third kappa shape index (κ3) is 3.32. The van der Waals surface area contributed by atoms with Crippen LogP contribution < -0.4 is 14.8 Å². The van der Waals surface area contributed by atoms with Gasteiger partial charge in [0.1, 0.15) is 11.5 Å². The van der Waals surface area contributed by atoms with Gasteiger partial charge in [-0.25, -0.2) is 0 Å². The molecule has 0 fully saturated rings. The molecule has 1 aliphatic rings. The molecular weight excluding hydrogens is 330 g/mol. The standard InChI is InChI=1S/C17H18BrNO2/c1-2-20-16-5-3-15(4-6-16)19-11-13-10-14(18)9-12-7-8-21-17(12)13/h3-6,9-10,19H,2,7-8,11H2,1H3. The highest BCUT2D eigenvalue weighted by Crippen LogP contribution is 2.33. The molecule has 1 aliphatic heterocycles. The van der Waals surface area contributed by atoms with E-state index in [1.54, 1.807) is 0 Å². The fraction of sp³-hybridized carbons (Fsp3) is 0.294. The van der Waals surface area contributed by atoms with E-state index in [4.69, 9.17) is 9.47 Å². The van der Waals surface area contributed by atoms with E-state index in [1.165, 1.54) is 11.1 Å². The summed E-state index contributed by atoms with van der Waals surface area (Å²) in [6, 6.07) is 12.3. The van der Waals surface area contributed by atoms with Crippen LogP contribution in [0.3, 0.4) is 0 Å². The second kappa shape index (κ2) is 6.39. The molecule has 0 spiro atoms. The van der Waals surface area contributed by atoms with E-state index in [1.807, 2.05) is 31.2 Å². The first-order chi connectivity index (χ1) is 10.3. The summed E-state index contributed by atoms with van der Waals surface area (Å²) in [5.41, 5.74) is 3.55. The largest absolute Gasteiger partial charge is 0.494 e. The van der Waals surface area contributed by atoms with Crippen LogP contribution in [0.1, 0.15) is 18.1 Å².